The fourth-order valence-electron chi connectivity index (χ4n) is 3.39. The number of ether oxygens (including phenoxy) is 1. The number of rotatable bonds is 5. The van der Waals surface area contributed by atoms with Crippen LogP contribution in [0.2, 0.25) is 0 Å². The van der Waals surface area contributed by atoms with Crippen LogP contribution in [0, 0.1) is 0 Å². The number of hydrogen-bond donors (Lipinski definition) is 1. The molecular formula is C22H24N6O3. The molecule has 4 rings (SSSR count). The van der Waals surface area contributed by atoms with E-state index < -0.39 is 0 Å². The van der Waals surface area contributed by atoms with Gasteiger partial charge in [0.15, 0.2) is 0 Å². The molecule has 0 radical (unpaired) electrons. The fraction of sp³-hybridized carbons (Fsp3) is 0.273. The van der Waals surface area contributed by atoms with Crippen LogP contribution in [-0.4, -0.2) is 76.5 Å². The molecule has 0 bridgehead atoms. The molecule has 9 heteroatoms. The Morgan fingerprint density at radius 2 is 1.84 bits per heavy atom. The zero-order valence-corrected chi connectivity index (χ0v) is 17.5. The van der Waals surface area contributed by atoms with E-state index in [0.29, 0.717) is 41.5 Å². The second kappa shape index (κ2) is 8.97. The maximum atomic E-state index is 12.9. The number of nitrogens with one attached hydrogen (secondary N) is 1. The summed E-state index contributed by atoms with van der Waals surface area (Å²) in [7, 11) is 3.56. The molecule has 2 aromatic heterocycles. The van der Waals surface area contributed by atoms with Crippen molar-refractivity contribution in [2.75, 3.05) is 45.7 Å². The van der Waals surface area contributed by atoms with Crippen molar-refractivity contribution in [3.63, 3.8) is 0 Å². The lowest BCUT2D eigenvalue weighted by atomic mass is 10.1. The Balaban J connectivity index is 1.51. The van der Waals surface area contributed by atoms with Gasteiger partial charge in [-0.2, -0.15) is 0 Å². The van der Waals surface area contributed by atoms with E-state index in [1.165, 1.54) is 13.3 Å². The first kappa shape index (κ1) is 20.5. The van der Waals surface area contributed by atoms with Crippen molar-refractivity contribution < 1.29 is 14.3 Å². The Labute approximate surface area is 180 Å². The Kier molecular flexibility index (Phi) is 5.94. The fourth-order valence-corrected chi connectivity index (χ4v) is 3.39. The van der Waals surface area contributed by atoms with E-state index >= 15 is 0 Å². The van der Waals surface area contributed by atoms with Crippen molar-refractivity contribution in [2.24, 2.45) is 0 Å². The van der Waals surface area contributed by atoms with Crippen LogP contribution in [0.4, 0.5) is 5.69 Å². The minimum absolute atomic E-state index is 0.0578. The van der Waals surface area contributed by atoms with Crippen molar-refractivity contribution >= 4 is 17.5 Å². The van der Waals surface area contributed by atoms with Crippen LogP contribution in [0.15, 0.2) is 55.2 Å². The molecule has 1 aliphatic heterocycles. The minimum Gasteiger partial charge on any atom is -0.495 e. The number of likely N-dealkylation sites (N-methyl/N-ethyl adjacent to an activating group) is 1. The number of anilines is 1. The topological polar surface area (TPSA) is 92.6 Å². The van der Waals surface area contributed by atoms with Crippen LogP contribution in [0.25, 0.3) is 5.82 Å². The highest BCUT2D eigenvalue weighted by atomic mass is 16.5. The summed E-state index contributed by atoms with van der Waals surface area (Å²) in [5.74, 6) is 0.738. The zero-order chi connectivity index (χ0) is 21.8. The molecule has 0 saturated carbocycles. The molecule has 1 aliphatic rings. The van der Waals surface area contributed by atoms with Crippen molar-refractivity contribution in [1.82, 2.24) is 24.3 Å². The third-order valence-corrected chi connectivity index (χ3v) is 5.26. The van der Waals surface area contributed by atoms with Crippen LogP contribution >= 0.6 is 0 Å². The summed E-state index contributed by atoms with van der Waals surface area (Å²) in [6, 6.07) is 8.49. The predicted octanol–water partition coefficient (Wildman–Crippen LogP) is 1.92. The quantitative estimate of drug-likeness (QED) is 0.678. The molecule has 0 spiro atoms. The van der Waals surface area contributed by atoms with Crippen LogP contribution in [0.1, 0.15) is 20.7 Å². The first-order valence-corrected chi connectivity index (χ1v) is 9.97. The molecule has 2 amide bonds. The molecule has 1 saturated heterocycles. The van der Waals surface area contributed by atoms with Gasteiger partial charge >= 0.3 is 0 Å². The lowest BCUT2D eigenvalue weighted by Gasteiger charge is -2.32. The summed E-state index contributed by atoms with van der Waals surface area (Å²) in [6.45, 7) is 3.04. The Morgan fingerprint density at radius 1 is 1.06 bits per heavy atom. The number of amides is 2. The lowest BCUT2D eigenvalue weighted by molar-refractivity contribution is 0.0664. The number of methoxy groups -OCH3 is 1. The second-order valence-corrected chi connectivity index (χ2v) is 7.34. The number of benzene rings is 1. The molecule has 3 aromatic rings. The lowest BCUT2D eigenvalue weighted by Crippen LogP contribution is -2.47. The number of pyridine rings is 1. The second-order valence-electron chi connectivity index (χ2n) is 7.34. The van der Waals surface area contributed by atoms with Crippen LogP contribution in [0.3, 0.4) is 0 Å². The predicted molar refractivity (Wildman–Crippen MR) is 116 cm³/mol. The third kappa shape index (κ3) is 4.56. The normalized spacial score (nSPS) is 14.3. The van der Waals surface area contributed by atoms with Crippen LogP contribution in [0.5, 0.6) is 5.75 Å². The van der Waals surface area contributed by atoms with Crippen molar-refractivity contribution in [3.8, 4) is 11.6 Å². The van der Waals surface area contributed by atoms with E-state index in [1.807, 2.05) is 11.9 Å². The largest absolute Gasteiger partial charge is 0.495 e. The van der Waals surface area contributed by atoms with Crippen LogP contribution < -0.4 is 10.1 Å². The average Bonchev–Trinajstić information content (AvgIpc) is 3.34. The maximum absolute atomic E-state index is 12.9. The molecule has 1 fully saturated rings. The maximum Gasteiger partial charge on any atom is 0.257 e. The smallest absolute Gasteiger partial charge is 0.257 e. The summed E-state index contributed by atoms with van der Waals surface area (Å²) in [5, 5.41) is 2.84. The van der Waals surface area contributed by atoms with Gasteiger partial charge in [0.2, 0.25) is 0 Å². The van der Waals surface area contributed by atoms with Gasteiger partial charge < -0.3 is 19.9 Å². The highest BCUT2D eigenvalue weighted by Crippen LogP contribution is 2.27. The van der Waals surface area contributed by atoms with Crippen molar-refractivity contribution in [2.45, 2.75) is 0 Å². The molecular weight excluding hydrogens is 396 g/mol. The first-order chi connectivity index (χ1) is 15.0. The number of imidazole rings is 1. The number of piperazine rings is 1. The van der Waals surface area contributed by atoms with E-state index in [0.717, 1.165) is 13.1 Å². The van der Waals surface area contributed by atoms with E-state index in [-0.39, 0.29) is 11.8 Å². The Bertz CT molecular complexity index is 1060. The molecule has 0 aliphatic carbocycles. The molecule has 31 heavy (non-hydrogen) atoms. The Hall–Kier alpha value is -3.72. The highest BCUT2D eigenvalue weighted by molar-refractivity contribution is 6.06. The number of aromatic nitrogens is 3. The summed E-state index contributed by atoms with van der Waals surface area (Å²) in [6.07, 6.45) is 6.56. The van der Waals surface area contributed by atoms with Gasteiger partial charge in [0, 0.05) is 50.3 Å². The molecule has 9 nitrogen and oxygen atoms in total. The van der Waals surface area contributed by atoms with Crippen LogP contribution in [-0.2, 0) is 0 Å². The van der Waals surface area contributed by atoms with Gasteiger partial charge in [0.25, 0.3) is 11.8 Å². The average molecular weight is 420 g/mol. The zero-order valence-electron chi connectivity index (χ0n) is 17.5. The van der Waals surface area contributed by atoms with Gasteiger partial charge in [-0.1, -0.05) is 0 Å². The molecule has 1 N–H and O–H groups in total. The highest BCUT2D eigenvalue weighted by Gasteiger charge is 2.22. The van der Waals surface area contributed by atoms with Gasteiger partial charge in [-0.05, 0) is 37.4 Å². The van der Waals surface area contributed by atoms with Gasteiger partial charge in [-0.25, -0.2) is 9.97 Å². The summed E-state index contributed by atoms with van der Waals surface area (Å²) in [5.41, 5.74) is 1.34. The summed E-state index contributed by atoms with van der Waals surface area (Å²) < 4.78 is 7.12. The van der Waals surface area contributed by atoms with Gasteiger partial charge in [0.05, 0.1) is 18.4 Å². The number of nitrogens with zero attached hydrogens (tertiary/aromatic N) is 5. The molecule has 1 aromatic carbocycles. The van der Waals surface area contributed by atoms with Crippen molar-refractivity contribution in [3.05, 3.63) is 66.4 Å². The van der Waals surface area contributed by atoms with Crippen molar-refractivity contribution in [1.29, 1.82) is 0 Å². The van der Waals surface area contributed by atoms with Gasteiger partial charge in [0.1, 0.15) is 17.9 Å². The molecule has 0 unspecified atom stereocenters. The molecule has 160 valence electrons. The van der Waals surface area contributed by atoms with E-state index in [2.05, 4.69) is 20.2 Å². The Morgan fingerprint density at radius 3 is 2.48 bits per heavy atom. The first-order valence-electron chi connectivity index (χ1n) is 9.97. The standard InChI is InChI=1S/C22H24N6O3/c1-26-9-11-27(12-10-26)22(30)16-3-5-19(31-2)18(13-16)25-21(29)17-4-6-20(24-14-17)28-8-7-23-15-28/h3-8,13-15H,9-12H2,1-2H3,(H,25,29). The SMILES string of the molecule is COc1ccc(C(=O)N2CCN(C)CC2)cc1NC(=O)c1ccc(-n2ccnc2)nc1. The third-order valence-electron chi connectivity index (χ3n) is 5.26. The van der Waals surface area contributed by atoms with Gasteiger partial charge in [-0.15, -0.1) is 0 Å². The van der Waals surface area contributed by atoms with E-state index in [9.17, 15) is 9.59 Å². The summed E-state index contributed by atoms with van der Waals surface area (Å²) >= 11 is 0. The minimum atomic E-state index is -0.341. The monoisotopic (exact) mass is 420 g/mol. The molecule has 3 heterocycles. The summed E-state index contributed by atoms with van der Waals surface area (Å²) in [4.78, 5) is 38.0. The number of carbonyl (C=O) groups excluding carboxylic acids is 2. The van der Waals surface area contributed by atoms with E-state index in [1.54, 1.807) is 53.6 Å². The van der Waals surface area contributed by atoms with Gasteiger partial charge in [-0.3, -0.25) is 14.2 Å². The van der Waals surface area contributed by atoms with E-state index in [4.69, 9.17) is 4.74 Å². The number of carbonyl (C=O) groups is 2. The molecule has 0 atom stereocenters. The number of hydrogen-bond acceptors (Lipinski definition) is 6.